The molecule has 3 aromatic carbocycles. The topological polar surface area (TPSA) is 92.1 Å². The van der Waals surface area contributed by atoms with E-state index in [4.69, 9.17) is 0 Å². The van der Waals surface area contributed by atoms with E-state index in [9.17, 15) is 9.90 Å². The maximum Gasteiger partial charge on any atom is 0.248 e. The molecular weight excluding hydrogens is 446 g/mol. The van der Waals surface area contributed by atoms with Crippen LogP contribution in [0.4, 0.5) is 0 Å². The fraction of sp³-hybridized carbons (Fsp3) is 0.115. The molecule has 4 rings (SSSR count). The Bertz CT molecular complexity index is 1280. The maximum atomic E-state index is 12.6. The van der Waals surface area contributed by atoms with Gasteiger partial charge in [0.05, 0.1) is 11.4 Å². The first-order valence-electron chi connectivity index (χ1n) is 10.8. The van der Waals surface area contributed by atoms with Crippen LogP contribution in [0.5, 0.6) is 5.75 Å². The molecule has 8 heteroatoms. The highest BCUT2D eigenvalue weighted by molar-refractivity contribution is 7.99. The van der Waals surface area contributed by atoms with Crippen molar-refractivity contribution in [2.45, 2.75) is 19.0 Å². The lowest BCUT2D eigenvalue weighted by molar-refractivity contribution is -0.119. The summed E-state index contributed by atoms with van der Waals surface area (Å²) in [6, 6.07) is 24.7. The van der Waals surface area contributed by atoms with Gasteiger partial charge in [0.2, 0.25) is 5.91 Å². The lowest BCUT2D eigenvalue weighted by Crippen LogP contribution is -2.37. The summed E-state index contributed by atoms with van der Waals surface area (Å²) in [4.78, 5) is 12.6. The highest BCUT2D eigenvalue weighted by atomic mass is 32.2. The van der Waals surface area contributed by atoms with Crippen LogP contribution in [0.3, 0.4) is 0 Å². The van der Waals surface area contributed by atoms with Crippen molar-refractivity contribution in [3.05, 3.63) is 96.1 Å². The Balaban J connectivity index is 1.48. The second-order valence-corrected chi connectivity index (χ2v) is 8.50. The van der Waals surface area contributed by atoms with Gasteiger partial charge >= 0.3 is 0 Å². The number of nitrogens with one attached hydrogen (secondary N) is 2. The average molecular weight is 472 g/mol. The number of aromatic hydroxyl groups is 1. The van der Waals surface area contributed by atoms with E-state index in [-0.39, 0.29) is 17.4 Å². The number of benzene rings is 3. The van der Waals surface area contributed by atoms with E-state index >= 15 is 0 Å². The molecule has 0 saturated heterocycles. The second-order valence-electron chi connectivity index (χ2n) is 7.55. The highest BCUT2D eigenvalue weighted by Gasteiger charge is 2.17. The Morgan fingerprint density at radius 1 is 0.971 bits per heavy atom. The third-order valence-corrected chi connectivity index (χ3v) is 6.02. The lowest BCUT2D eigenvalue weighted by Gasteiger charge is -2.13. The fourth-order valence-corrected chi connectivity index (χ4v) is 4.07. The van der Waals surface area contributed by atoms with Gasteiger partial charge < -0.3 is 5.11 Å². The Kier molecular flexibility index (Phi) is 7.29. The Hall–Kier alpha value is -4.04. The van der Waals surface area contributed by atoms with Gasteiger partial charge in [0.15, 0.2) is 11.0 Å². The molecule has 4 aromatic rings. The van der Waals surface area contributed by atoms with Crippen LogP contribution in [0.1, 0.15) is 18.1 Å². The molecule has 3 N–H and O–H groups in total. The normalized spacial score (nSPS) is 11.3. The summed E-state index contributed by atoms with van der Waals surface area (Å²) >= 11 is 1.31. The molecule has 7 nitrogen and oxygen atoms in total. The number of thioether (sulfide) groups is 1. The largest absolute Gasteiger partial charge is 0.508 e. The van der Waals surface area contributed by atoms with Gasteiger partial charge in [-0.05, 0) is 55.8 Å². The maximum absolute atomic E-state index is 12.6. The van der Waals surface area contributed by atoms with E-state index in [0.717, 1.165) is 28.1 Å². The molecule has 0 aliphatic heterocycles. The molecule has 1 aromatic heterocycles. The van der Waals surface area contributed by atoms with Crippen LogP contribution in [0.2, 0.25) is 0 Å². The van der Waals surface area contributed by atoms with E-state index in [1.54, 1.807) is 24.3 Å². The third kappa shape index (κ3) is 5.47. The number of carbonyl (C=O) groups excluding carboxylic acids is 1. The van der Waals surface area contributed by atoms with Crippen molar-refractivity contribution in [3.8, 4) is 22.8 Å². The summed E-state index contributed by atoms with van der Waals surface area (Å²) < 4.78 is 1.97. The van der Waals surface area contributed by atoms with E-state index in [2.05, 4.69) is 21.0 Å². The summed E-state index contributed by atoms with van der Waals surface area (Å²) in [7, 11) is 0. The van der Waals surface area contributed by atoms with Crippen LogP contribution in [0.15, 0.2) is 90.1 Å². The van der Waals surface area contributed by atoms with Crippen molar-refractivity contribution in [2.75, 3.05) is 5.75 Å². The van der Waals surface area contributed by atoms with Gasteiger partial charge in [0.1, 0.15) is 5.75 Å². The van der Waals surface area contributed by atoms with Gasteiger partial charge in [-0.15, -0.1) is 10.2 Å². The number of hydrazine groups is 1. The number of phenols is 1. The molecule has 1 heterocycles. The molecule has 1 amide bonds. The predicted molar refractivity (Wildman–Crippen MR) is 135 cm³/mol. The number of phenolic OH excluding ortho intramolecular Hbond substituents is 1. The monoisotopic (exact) mass is 471 g/mol. The SMILES string of the molecule is C/C=C(/NNC(=O)CSc1nnc(-c2ccccc2)n1-c1ccc(C)cc1)c1ccc(O)cc1. The van der Waals surface area contributed by atoms with Crippen LogP contribution in [0, 0.1) is 6.92 Å². The lowest BCUT2D eigenvalue weighted by atomic mass is 10.1. The number of allylic oxidation sites excluding steroid dienone is 1. The molecule has 0 unspecified atom stereocenters. The summed E-state index contributed by atoms with van der Waals surface area (Å²) in [6.45, 7) is 3.91. The molecule has 0 bridgehead atoms. The molecule has 34 heavy (non-hydrogen) atoms. The molecule has 0 atom stereocenters. The standard InChI is InChI=1S/C26H25N5O2S/c1-3-23(19-11-15-22(32)16-12-19)27-28-24(33)17-34-26-30-29-25(20-7-5-4-6-8-20)31(26)21-13-9-18(2)10-14-21/h3-16,27,32H,17H2,1-2H3,(H,28,33)/b23-3+. The molecule has 172 valence electrons. The fourth-order valence-electron chi connectivity index (χ4n) is 3.32. The first-order chi connectivity index (χ1) is 16.5. The summed E-state index contributed by atoms with van der Waals surface area (Å²) in [5, 5.41) is 18.9. The van der Waals surface area contributed by atoms with E-state index < -0.39 is 0 Å². The smallest absolute Gasteiger partial charge is 0.248 e. The van der Waals surface area contributed by atoms with Crippen LogP contribution in [-0.2, 0) is 4.79 Å². The summed E-state index contributed by atoms with van der Waals surface area (Å²) in [6.07, 6.45) is 1.85. The van der Waals surface area contributed by atoms with Crippen molar-refractivity contribution in [3.63, 3.8) is 0 Å². The van der Waals surface area contributed by atoms with E-state index in [0.29, 0.717) is 11.0 Å². The van der Waals surface area contributed by atoms with Crippen LogP contribution >= 0.6 is 11.8 Å². The van der Waals surface area contributed by atoms with Gasteiger partial charge in [-0.2, -0.15) is 0 Å². The van der Waals surface area contributed by atoms with Crippen molar-refractivity contribution >= 4 is 23.4 Å². The summed E-state index contributed by atoms with van der Waals surface area (Å²) in [5.41, 5.74) is 10.3. The third-order valence-electron chi connectivity index (χ3n) is 5.09. The van der Waals surface area contributed by atoms with Crippen molar-refractivity contribution in [1.82, 2.24) is 25.6 Å². The molecule has 0 radical (unpaired) electrons. The van der Waals surface area contributed by atoms with Gasteiger partial charge in [-0.3, -0.25) is 20.2 Å². The highest BCUT2D eigenvalue weighted by Crippen LogP contribution is 2.28. The molecule has 0 aliphatic carbocycles. The first kappa shape index (κ1) is 23.1. The van der Waals surface area contributed by atoms with Crippen LogP contribution in [-0.4, -0.2) is 31.5 Å². The Labute approximate surface area is 202 Å². The number of hydrogen-bond donors (Lipinski definition) is 3. The minimum atomic E-state index is -0.206. The zero-order valence-corrected chi connectivity index (χ0v) is 19.7. The van der Waals surface area contributed by atoms with Crippen LogP contribution < -0.4 is 10.9 Å². The second kappa shape index (κ2) is 10.7. The minimum absolute atomic E-state index is 0.151. The predicted octanol–water partition coefficient (Wildman–Crippen LogP) is 4.72. The number of rotatable bonds is 8. The number of hydrogen-bond acceptors (Lipinski definition) is 6. The molecule has 0 fully saturated rings. The van der Waals surface area contributed by atoms with Gasteiger partial charge in [-0.25, -0.2) is 0 Å². The average Bonchev–Trinajstić information content (AvgIpc) is 3.29. The zero-order chi connectivity index (χ0) is 23.9. The van der Waals surface area contributed by atoms with Crippen molar-refractivity contribution < 1.29 is 9.90 Å². The van der Waals surface area contributed by atoms with Crippen LogP contribution in [0.25, 0.3) is 22.8 Å². The Morgan fingerprint density at radius 3 is 2.35 bits per heavy atom. The Morgan fingerprint density at radius 2 is 1.68 bits per heavy atom. The van der Waals surface area contributed by atoms with Gasteiger partial charge in [-0.1, -0.05) is 65.9 Å². The molecule has 0 spiro atoms. The minimum Gasteiger partial charge on any atom is -0.508 e. The number of amides is 1. The summed E-state index contributed by atoms with van der Waals surface area (Å²) in [5.74, 6) is 0.849. The number of carbonyl (C=O) groups is 1. The van der Waals surface area contributed by atoms with Crippen molar-refractivity contribution in [1.29, 1.82) is 0 Å². The number of aromatic nitrogens is 3. The van der Waals surface area contributed by atoms with Gasteiger partial charge in [0.25, 0.3) is 0 Å². The van der Waals surface area contributed by atoms with E-state index in [1.165, 1.54) is 11.8 Å². The van der Waals surface area contributed by atoms with E-state index in [1.807, 2.05) is 79.1 Å². The zero-order valence-electron chi connectivity index (χ0n) is 18.9. The quantitative estimate of drug-likeness (QED) is 0.254. The molecule has 0 aliphatic rings. The molecule has 0 saturated carbocycles. The number of nitrogens with zero attached hydrogens (tertiary/aromatic N) is 3. The first-order valence-corrected chi connectivity index (χ1v) is 11.7. The number of aryl methyl sites for hydroxylation is 1. The molecular formula is C26H25N5O2S. The van der Waals surface area contributed by atoms with Crippen molar-refractivity contribution in [2.24, 2.45) is 0 Å². The van der Waals surface area contributed by atoms with Gasteiger partial charge in [0, 0.05) is 11.3 Å².